The van der Waals surface area contributed by atoms with Crippen molar-refractivity contribution < 1.29 is 0 Å². The molecule has 0 aromatic rings. The molecule has 1 aliphatic rings. The zero-order chi connectivity index (χ0) is 6.91. The van der Waals surface area contributed by atoms with Crippen molar-refractivity contribution >= 4 is 57.7 Å². The maximum atomic E-state index is 6.05. The third kappa shape index (κ3) is 2.69. The molecule has 52 valence electrons. The molecule has 0 N–H and O–H groups in total. The summed E-state index contributed by atoms with van der Waals surface area (Å²) in [7, 11) is 1.01. The largest absolute Gasteiger partial charge is 0.251 e. The molecular weight excluding hydrogens is 302 g/mol. The molecule has 5 heteroatoms. The Morgan fingerprint density at radius 2 is 2.22 bits per heavy atom. The van der Waals surface area contributed by atoms with Gasteiger partial charge in [0.25, 0.3) is 6.69 Å². The Kier molecular flexibility index (Phi) is 3.36. The molecule has 1 fully saturated rings. The van der Waals surface area contributed by atoms with Gasteiger partial charge in [0.15, 0.2) is 0 Å². The van der Waals surface area contributed by atoms with Crippen molar-refractivity contribution in [3.05, 3.63) is 0 Å². The fourth-order valence-corrected chi connectivity index (χ4v) is 10.3. The van der Waals surface area contributed by atoms with Gasteiger partial charge in [-0.15, -0.1) is 44.0 Å². The van der Waals surface area contributed by atoms with Crippen molar-refractivity contribution in [2.24, 2.45) is 0 Å². The van der Waals surface area contributed by atoms with Gasteiger partial charge in [-0.3, -0.25) is 0 Å². The van der Waals surface area contributed by atoms with Crippen LogP contribution in [-0.4, -0.2) is 13.7 Å². The molecule has 1 rings (SSSR count). The van der Waals surface area contributed by atoms with E-state index in [-0.39, 0.29) is 0 Å². The Labute approximate surface area is 81.1 Å². The second-order valence-electron chi connectivity index (χ2n) is 2.40. The molecule has 1 heterocycles. The second kappa shape index (κ2) is 3.43. The van der Waals surface area contributed by atoms with Gasteiger partial charge in [0.05, 0.1) is 0 Å². The topological polar surface area (TPSA) is 0 Å². The maximum Gasteiger partial charge on any atom is 0.251 e. The highest BCUT2D eigenvalue weighted by Crippen LogP contribution is 2.43. The summed E-state index contributed by atoms with van der Waals surface area (Å²) < 4.78 is 0. The van der Waals surface area contributed by atoms with E-state index >= 15 is 0 Å². The summed E-state index contributed by atoms with van der Waals surface area (Å²) in [6.07, 6.45) is 1.28. The molecule has 0 aromatic carbocycles. The minimum Gasteiger partial charge on any atom is -0.146 e. The van der Waals surface area contributed by atoms with E-state index in [1.165, 1.54) is 6.42 Å². The molecule has 2 radical (unpaired) electrons. The van der Waals surface area contributed by atoms with Gasteiger partial charge in [-0.1, -0.05) is 6.42 Å². The molecule has 0 amide bonds. The summed E-state index contributed by atoms with van der Waals surface area (Å²) >= 11 is 14.5. The standard InChI is InChI=1S/C4H7Cl2ISi2/c5-9(6)2-1-4(3-9)8-7/h4H,1-3H2. The van der Waals surface area contributed by atoms with Gasteiger partial charge in [-0.25, -0.2) is 0 Å². The van der Waals surface area contributed by atoms with Gasteiger partial charge in [-0.05, 0) is 17.6 Å². The van der Waals surface area contributed by atoms with Crippen LogP contribution in [0.1, 0.15) is 6.42 Å². The lowest BCUT2D eigenvalue weighted by atomic mass is 10.4. The van der Waals surface area contributed by atoms with Gasteiger partial charge < -0.3 is 0 Å². The summed E-state index contributed by atoms with van der Waals surface area (Å²) in [5, 5.41) is 0. The molecule has 0 bridgehead atoms. The Bertz CT molecular complexity index is 109. The van der Waals surface area contributed by atoms with E-state index in [9.17, 15) is 0 Å². The normalized spacial score (nSPS) is 33.0. The van der Waals surface area contributed by atoms with E-state index < -0.39 is 6.69 Å². The first-order valence-corrected chi connectivity index (χ1v) is 11.5. The van der Waals surface area contributed by atoms with Crippen LogP contribution >= 0.6 is 44.0 Å². The first-order valence-electron chi connectivity index (χ1n) is 2.88. The molecule has 1 saturated heterocycles. The molecule has 0 spiro atoms. The number of halogens is 3. The van der Waals surface area contributed by atoms with Crippen molar-refractivity contribution in [2.45, 2.75) is 24.1 Å². The summed E-state index contributed by atoms with van der Waals surface area (Å²) in [6.45, 7) is -1.68. The number of rotatable bonds is 1. The molecule has 0 nitrogen and oxygen atoms in total. The SMILES string of the molecule is Cl[Si]1(Cl)CCC([Si]I)C1. The highest BCUT2D eigenvalue weighted by atomic mass is 127. The zero-order valence-electron chi connectivity index (χ0n) is 4.83. The molecule has 0 aliphatic carbocycles. The fraction of sp³-hybridized carbons (Fsp3) is 1.00. The monoisotopic (exact) mass is 308 g/mol. The van der Waals surface area contributed by atoms with Crippen molar-refractivity contribution in [2.75, 3.05) is 0 Å². The molecular formula is C4H7Cl2ISi2. The van der Waals surface area contributed by atoms with E-state index in [0.29, 0.717) is 0 Å². The van der Waals surface area contributed by atoms with Crippen LogP contribution in [0.25, 0.3) is 0 Å². The van der Waals surface area contributed by atoms with Crippen molar-refractivity contribution in [1.29, 1.82) is 0 Å². The van der Waals surface area contributed by atoms with Crippen molar-refractivity contribution in [3.8, 4) is 0 Å². The predicted octanol–water partition coefficient (Wildman–Crippen LogP) is 3.15. The lowest BCUT2D eigenvalue weighted by Gasteiger charge is -2.05. The molecule has 1 aliphatic heterocycles. The zero-order valence-corrected chi connectivity index (χ0v) is 10.5. The summed E-state index contributed by atoms with van der Waals surface area (Å²) in [5.41, 5.74) is 0.854. The lowest BCUT2D eigenvalue weighted by Crippen LogP contribution is -2.11. The van der Waals surface area contributed by atoms with Crippen LogP contribution in [-0.2, 0) is 0 Å². The summed E-state index contributed by atoms with van der Waals surface area (Å²) in [5.74, 6) is 0. The minimum atomic E-state index is -1.68. The van der Waals surface area contributed by atoms with Crippen molar-refractivity contribution in [3.63, 3.8) is 0 Å². The van der Waals surface area contributed by atoms with E-state index in [2.05, 4.69) is 21.8 Å². The van der Waals surface area contributed by atoms with Gasteiger partial charge in [0, 0.05) is 0 Å². The highest BCUT2D eigenvalue weighted by Gasteiger charge is 2.38. The van der Waals surface area contributed by atoms with E-state index in [4.69, 9.17) is 22.2 Å². The predicted molar refractivity (Wildman–Crippen MR) is 55.2 cm³/mol. The van der Waals surface area contributed by atoms with Crippen LogP contribution in [0.5, 0.6) is 0 Å². The average molecular weight is 309 g/mol. The lowest BCUT2D eigenvalue weighted by molar-refractivity contribution is 0.927. The quantitative estimate of drug-likeness (QED) is 0.396. The van der Waals surface area contributed by atoms with Gasteiger partial charge >= 0.3 is 0 Å². The maximum absolute atomic E-state index is 6.05. The first-order chi connectivity index (χ1) is 4.14. The molecule has 1 atom stereocenters. The Morgan fingerprint density at radius 1 is 1.56 bits per heavy atom. The van der Waals surface area contributed by atoms with Gasteiger partial charge in [0.2, 0.25) is 0 Å². The number of hydrogen-bond donors (Lipinski definition) is 0. The first kappa shape index (κ1) is 8.84. The second-order valence-corrected chi connectivity index (χ2v) is 12.8. The van der Waals surface area contributed by atoms with Crippen LogP contribution in [0.3, 0.4) is 0 Å². The Balaban J connectivity index is 2.38. The van der Waals surface area contributed by atoms with Gasteiger partial charge in [0.1, 0.15) is 7.02 Å². The molecule has 0 aromatic heterocycles. The highest BCUT2D eigenvalue weighted by molar-refractivity contribution is 14.1. The Hall–Kier alpha value is 1.74. The molecule has 1 unspecified atom stereocenters. The van der Waals surface area contributed by atoms with Crippen LogP contribution < -0.4 is 0 Å². The molecule has 9 heavy (non-hydrogen) atoms. The van der Waals surface area contributed by atoms with E-state index in [1.54, 1.807) is 0 Å². The summed E-state index contributed by atoms with van der Waals surface area (Å²) in [4.78, 5) is 0. The number of hydrogen-bond acceptors (Lipinski definition) is 0. The molecule has 0 saturated carbocycles. The van der Waals surface area contributed by atoms with Gasteiger partial charge in [-0.2, -0.15) is 0 Å². The van der Waals surface area contributed by atoms with Crippen LogP contribution in [0.2, 0.25) is 17.6 Å². The van der Waals surface area contributed by atoms with Crippen LogP contribution in [0.4, 0.5) is 0 Å². The third-order valence-electron chi connectivity index (χ3n) is 1.56. The third-order valence-corrected chi connectivity index (χ3v) is 9.58. The van der Waals surface area contributed by atoms with Crippen molar-refractivity contribution in [1.82, 2.24) is 0 Å². The average Bonchev–Trinajstić information content (AvgIpc) is 2.10. The van der Waals surface area contributed by atoms with Crippen LogP contribution in [0, 0.1) is 0 Å². The van der Waals surface area contributed by atoms with E-state index in [0.717, 1.165) is 24.6 Å². The van der Waals surface area contributed by atoms with Crippen LogP contribution in [0.15, 0.2) is 0 Å². The summed E-state index contributed by atoms with van der Waals surface area (Å²) in [6, 6.07) is 2.26. The fourth-order valence-electron chi connectivity index (χ4n) is 1.04. The minimum absolute atomic E-state index is 0.854. The van der Waals surface area contributed by atoms with E-state index in [1.807, 2.05) is 0 Å². The smallest absolute Gasteiger partial charge is 0.146 e. The Morgan fingerprint density at radius 3 is 2.44 bits per heavy atom.